The number of carboxylic acids is 2. The third-order valence-electron chi connectivity index (χ3n) is 5.15. The number of ether oxygens (including phenoxy) is 1. The van der Waals surface area contributed by atoms with Crippen LogP contribution in [0.1, 0.15) is 6.42 Å². The summed E-state index contributed by atoms with van der Waals surface area (Å²) >= 11 is 0. The van der Waals surface area contributed by atoms with Crippen molar-refractivity contribution in [2.24, 2.45) is 0 Å². The van der Waals surface area contributed by atoms with Crippen molar-refractivity contribution in [2.45, 2.75) is 6.42 Å². The Balaban J connectivity index is 0.000000414. The molecular formula is C28H28FN3O5. The molecule has 4 rings (SSSR count). The van der Waals surface area contributed by atoms with Gasteiger partial charge in [-0.1, -0.05) is 24.3 Å². The molecule has 4 aromatic rings. The van der Waals surface area contributed by atoms with Crippen LogP contribution in [0.2, 0.25) is 0 Å². The number of rotatable bonds is 9. The molecule has 0 bridgehead atoms. The first-order valence-corrected chi connectivity index (χ1v) is 11.5. The zero-order valence-corrected chi connectivity index (χ0v) is 20.5. The number of nitrogens with zero attached hydrogens (tertiary/aromatic N) is 3. The topological polar surface area (TPSA) is 105 Å². The molecule has 0 fully saturated rings. The standard InChI is InChI=1S/C24H24FN3O.C4H4O4/c1-27(2)15-6-16-29-21-8-5-7-20(17-21)28-23-10-4-3-9-22(23)24(26-28)18-11-13-19(25)14-12-18;5-3(6)1-2-4(7)8/h3-5,7-14,17H,6,15-16H2,1-2H3;1-2H,(H,5,6)(H,7,8). The lowest BCUT2D eigenvalue weighted by Crippen LogP contribution is -2.15. The number of aromatic nitrogens is 2. The van der Waals surface area contributed by atoms with E-state index in [9.17, 15) is 14.0 Å². The lowest BCUT2D eigenvalue weighted by atomic mass is 10.1. The van der Waals surface area contributed by atoms with Gasteiger partial charge in [-0.2, -0.15) is 5.10 Å². The van der Waals surface area contributed by atoms with E-state index in [0.29, 0.717) is 18.8 Å². The number of hydrogen-bond acceptors (Lipinski definition) is 5. The molecule has 0 radical (unpaired) electrons. The maximum absolute atomic E-state index is 13.4. The Morgan fingerprint density at radius 3 is 2.30 bits per heavy atom. The largest absolute Gasteiger partial charge is 0.493 e. The monoisotopic (exact) mass is 505 g/mol. The summed E-state index contributed by atoms with van der Waals surface area (Å²) in [7, 11) is 4.12. The van der Waals surface area contributed by atoms with Gasteiger partial charge in [0.1, 0.15) is 17.3 Å². The second kappa shape index (κ2) is 13.0. The van der Waals surface area contributed by atoms with Crippen molar-refractivity contribution in [3.63, 3.8) is 0 Å². The highest BCUT2D eigenvalue weighted by molar-refractivity contribution is 5.94. The summed E-state index contributed by atoms with van der Waals surface area (Å²) in [6.45, 7) is 1.66. The molecule has 192 valence electrons. The zero-order valence-electron chi connectivity index (χ0n) is 20.5. The highest BCUT2D eigenvalue weighted by atomic mass is 19.1. The number of carboxylic acid groups (broad SMARTS) is 2. The minimum absolute atomic E-state index is 0.253. The highest BCUT2D eigenvalue weighted by Gasteiger charge is 2.13. The summed E-state index contributed by atoms with van der Waals surface area (Å²) in [4.78, 5) is 21.3. The van der Waals surface area contributed by atoms with Crippen LogP contribution in [0.4, 0.5) is 4.39 Å². The highest BCUT2D eigenvalue weighted by Crippen LogP contribution is 2.30. The number of para-hydroxylation sites is 1. The van der Waals surface area contributed by atoms with Crippen LogP contribution >= 0.6 is 0 Å². The van der Waals surface area contributed by atoms with Crippen LogP contribution in [-0.2, 0) is 9.59 Å². The Hall–Kier alpha value is -4.50. The van der Waals surface area contributed by atoms with Crippen molar-refractivity contribution in [3.05, 3.63) is 90.8 Å². The van der Waals surface area contributed by atoms with E-state index in [1.165, 1.54) is 12.1 Å². The predicted octanol–water partition coefficient (Wildman–Crippen LogP) is 4.87. The molecule has 0 spiro atoms. The van der Waals surface area contributed by atoms with Gasteiger partial charge in [0, 0.05) is 35.7 Å². The van der Waals surface area contributed by atoms with Gasteiger partial charge in [-0.3, -0.25) is 0 Å². The second-order valence-electron chi connectivity index (χ2n) is 8.30. The normalized spacial score (nSPS) is 10.9. The quantitative estimate of drug-likeness (QED) is 0.247. The molecule has 9 heteroatoms. The van der Waals surface area contributed by atoms with Gasteiger partial charge in [0.15, 0.2) is 0 Å². The van der Waals surface area contributed by atoms with Gasteiger partial charge in [-0.15, -0.1) is 0 Å². The number of halogens is 1. The van der Waals surface area contributed by atoms with Crippen molar-refractivity contribution in [3.8, 4) is 22.7 Å². The minimum Gasteiger partial charge on any atom is -0.493 e. The SMILES string of the molecule is CN(C)CCCOc1cccc(-n2nc(-c3ccc(F)cc3)c3ccccc32)c1.O=C(O)C=CC(=O)O. The summed E-state index contributed by atoms with van der Waals surface area (Å²) < 4.78 is 21.2. The average Bonchev–Trinajstić information content (AvgIpc) is 3.26. The van der Waals surface area contributed by atoms with E-state index in [4.69, 9.17) is 20.0 Å². The molecule has 37 heavy (non-hydrogen) atoms. The summed E-state index contributed by atoms with van der Waals surface area (Å²) in [6.07, 6.45) is 2.08. The number of fused-ring (bicyclic) bond motifs is 1. The lowest BCUT2D eigenvalue weighted by molar-refractivity contribution is -0.134. The van der Waals surface area contributed by atoms with E-state index in [-0.39, 0.29) is 5.82 Å². The fraction of sp³-hybridized carbons (Fsp3) is 0.179. The van der Waals surface area contributed by atoms with Gasteiger partial charge in [0.2, 0.25) is 0 Å². The molecule has 8 nitrogen and oxygen atoms in total. The minimum atomic E-state index is -1.26. The predicted molar refractivity (Wildman–Crippen MR) is 140 cm³/mol. The van der Waals surface area contributed by atoms with Gasteiger partial charge in [0.05, 0.1) is 17.8 Å². The molecule has 3 aromatic carbocycles. The molecule has 0 saturated carbocycles. The van der Waals surface area contributed by atoms with Crippen molar-refractivity contribution >= 4 is 22.8 Å². The van der Waals surface area contributed by atoms with Crippen LogP contribution in [-0.4, -0.2) is 64.1 Å². The molecule has 0 aliphatic heterocycles. The number of benzene rings is 3. The smallest absolute Gasteiger partial charge is 0.328 e. The van der Waals surface area contributed by atoms with E-state index in [0.717, 1.165) is 46.6 Å². The van der Waals surface area contributed by atoms with Crippen LogP contribution < -0.4 is 4.74 Å². The van der Waals surface area contributed by atoms with Gasteiger partial charge in [-0.25, -0.2) is 18.7 Å². The van der Waals surface area contributed by atoms with E-state index in [1.807, 2.05) is 53.2 Å². The molecule has 2 N–H and O–H groups in total. The first-order chi connectivity index (χ1) is 17.7. The van der Waals surface area contributed by atoms with Gasteiger partial charge >= 0.3 is 11.9 Å². The maximum Gasteiger partial charge on any atom is 0.328 e. The molecule has 1 aromatic heterocycles. The molecule has 0 unspecified atom stereocenters. The van der Waals surface area contributed by atoms with Gasteiger partial charge in [0.25, 0.3) is 0 Å². The maximum atomic E-state index is 13.4. The molecule has 0 saturated heterocycles. The number of hydrogen-bond donors (Lipinski definition) is 2. The van der Waals surface area contributed by atoms with E-state index in [1.54, 1.807) is 12.1 Å². The first kappa shape index (κ1) is 27.1. The Morgan fingerprint density at radius 2 is 1.65 bits per heavy atom. The molecule has 1 heterocycles. The van der Waals surface area contributed by atoms with Gasteiger partial charge < -0.3 is 19.8 Å². The van der Waals surface area contributed by atoms with Crippen molar-refractivity contribution in [2.75, 3.05) is 27.2 Å². The molecule has 0 atom stereocenters. The van der Waals surface area contributed by atoms with Crippen LogP contribution in [0.25, 0.3) is 27.8 Å². The zero-order chi connectivity index (χ0) is 26.8. The summed E-state index contributed by atoms with van der Waals surface area (Å²) in [5.74, 6) is -1.94. The Bertz CT molecular complexity index is 1360. The number of aliphatic carboxylic acids is 2. The third-order valence-corrected chi connectivity index (χ3v) is 5.15. The lowest BCUT2D eigenvalue weighted by Gasteiger charge is -2.11. The molecular weight excluding hydrogens is 477 g/mol. The summed E-state index contributed by atoms with van der Waals surface area (Å²) in [5, 5.41) is 21.5. The Morgan fingerprint density at radius 1 is 0.973 bits per heavy atom. The molecule has 0 aliphatic carbocycles. The Kier molecular flexibility index (Phi) is 9.51. The third kappa shape index (κ3) is 8.01. The summed E-state index contributed by atoms with van der Waals surface area (Å²) in [5.41, 5.74) is 3.64. The van der Waals surface area contributed by atoms with Crippen LogP contribution in [0, 0.1) is 5.82 Å². The first-order valence-electron chi connectivity index (χ1n) is 11.5. The van der Waals surface area contributed by atoms with E-state index >= 15 is 0 Å². The van der Waals surface area contributed by atoms with Crippen LogP contribution in [0.5, 0.6) is 5.75 Å². The van der Waals surface area contributed by atoms with Crippen molar-refractivity contribution < 1.29 is 28.9 Å². The van der Waals surface area contributed by atoms with E-state index < -0.39 is 11.9 Å². The van der Waals surface area contributed by atoms with Crippen LogP contribution in [0.15, 0.2) is 84.9 Å². The van der Waals surface area contributed by atoms with Gasteiger partial charge in [-0.05, 0) is 63.0 Å². The number of carbonyl (C=O) groups is 2. The fourth-order valence-electron chi connectivity index (χ4n) is 3.50. The van der Waals surface area contributed by atoms with E-state index in [2.05, 4.69) is 19.0 Å². The average molecular weight is 506 g/mol. The molecule has 0 amide bonds. The van der Waals surface area contributed by atoms with Crippen LogP contribution in [0.3, 0.4) is 0 Å². The molecule has 0 aliphatic rings. The summed E-state index contributed by atoms with van der Waals surface area (Å²) in [6, 6.07) is 22.5. The van der Waals surface area contributed by atoms with Crippen molar-refractivity contribution in [1.82, 2.24) is 14.7 Å². The second-order valence-corrected chi connectivity index (χ2v) is 8.30. The Labute approximate surface area is 213 Å². The van der Waals surface area contributed by atoms with Crippen molar-refractivity contribution in [1.29, 1.82) is 0 Å². The fourth-order valence-corrected chi connectivity index (χ4v) is 3.50.